The van der Waals surface area contributed by atoms with Crippen molar-refractivity contribution < 1.29 is 0 Å². The van der Waals surface area contributed by atoms with Crippen molar-refractivity contribution >= 4 is 43.6 Å². The Balaban J connectivity index is 0.000000150. The molecule has 18 aromatic rings. The Kier molecular flexibility index (Phi) is 16.4. The third-order valence-electron chi connectivity index (χ3n) is 19.0. The number of fused-ring (bicyclic) bond motifs is 4. The van der Waals surface area contributed by atoms with Crippen LogP contribution < -0.4 is 0 Å². The molecule has 4 heterocycles. The van der Waals surface area contributed by atoms with Gasteiger partial charge in [-0.1, -0.05) is 315 Å². The molecule has 0 saturated heterocycles. The number of para-hydroxylation sites is 2. The Morgan fingerprint density at radius 2 is 0.470 bits per heavy atom. The SMILES string of the molecule is c1ccc(-c2ccc(-c3ccc4nc(-c5ccc(-c6ccccc6)cc5)cc(-c5ccc(-c6ccc7ccccc7n6)cc5)c4c3)cc2)cc1.c1ccc(-c2ccc(-c3ccc4nc(-c5ccc(-c6ccccc6)cc5)cc(-c5cccc(-c6cnc7ccccc7c6)c5)c4c3)cc2)cc1. The predicted octanol–water partition coefficient (Wildman–Crippen LogP) is 25.6. The summed E-state index contributed by atoms with van der Waals surface area (Å²) in [4.78, 5) is 20.1. The van der Waals surface area contributed by atoms with Gasteiger partial charge in [-0.25, -0.2) is 15.0 Å². The molecule has 0 aliphatic heterocycles. The highest BCUT2D eigenvalue weighted by Crippen LogP contribution is 2.40. The van der Waals surface area contributed by atoms with Crippen LogP contribution in [0.3, 0.4) is 0 Å². The first-order valence-electron chi connectivity index (χ1n) is 34.0. The summed E-state index contributed by atoms with van der Waals surface area (Å²) in [6.07, 6.45) is 1.98. The van der Waals surface area contributed by atoms with Gasteiger partial charge in [-0.15, -0.1) is 0 Å². The highest BCUT2D eigenvalue weighted by Gasteiger charge is 2.17. The first kappa shape index (κ1) is 60.4. The molecule has 0 amide bonds. The molecule has 0 unspecified atom stereocenters. The molecule has 4 nitrogen and oxygen atoms in total. The van der Waals surface area contributed by atoms with Crippen LogP contribution in [-0.2, 0) is 0 Å². The van der Waals surface area contributed by atoms with E-state index in [1.807, 2.05) is 18.3 Å². The van der Waals surface area contributed by atoms with Crippen LogP contribution in [0.1, 0.15) is 0 Å². The molecule has 0 bridgehead atoms. The van der Waals surface area contributed by atoms with Crippen molar-refractivity contribution in [2.75, 3.05) is 0 Å². The quantitative estimate of drug-likeness (QED) is 0.122. The van der Waals surface area contributed by atoms with Gasteiger partial charge in [0.15, 0.2) is 0 Å². The minimum Gasteiger partial charge on any atom is -0.256 e. The largest absolute Gasteiger partial charge is 0.256 e. The Hall–Kier alpha value is -13.3. The predicted molar refractivity (Wildman–Crippen MR) is 419 cm³/mol. The Morgan fingerprint density at radius 1 is 0.150 bits per heavy atom. The standard InChI is InChI=1S/2C48H32N2/c1-3-10-33(11-4-1)35-18-20-37(21-19-35)40-26-27-47-45(30-40)44(31-48(50-47)38-24-22-36(23-25-38)34-12-5-2-6-13-34)41-16-9-15-39(28-41)43-29-42-14-7-8-17-46(42)49-32-43;1-3-9-33(10-4-1)35-15-17-37(18-16-35)42-28-30-47-44(31-42)43(32-48(50-47)41-23-19-36(20-24-41)34-11-5-2-6-12-34)38-21-25-40(26-22-38)46-29-27-39-13-7-8-14-45(39)49-46/h2*1-32H. The van der Waals surface area contributed by atoms with Gasteiger partial charge in [-0.05, 0) is 161 Å². The third kappa shape index (κ3) is 12.6. The molecule has 0 N–H and O–H groups in total. The van der Waals surface area contributed by atoms with Crippen LogP contribution in [0.25, 0.3) is 178 Å². The van der Waals surface area contributed by atoms with Gasteiger partial charge in [-0.3, -0.25) is 4.98 Å². The van der Waals surface area contributed by atoms with Crippen molar-refractivity contribution in [3.8, 4) is 134 Å². The van der Waals surface area contributed by atoms with Gasteiger partial charge in [-0.2, -0.15) is 0 Å². The number of hydrogen-bond donors (Lipinski definition) is 0. The molecule has 0 saturated carbocycles. The lowest BCUT2D eigenvalue weighted by Gasteiger charge is -2.14. The van der Waals surface area contributed by atoms with Gasteiger partial charge < -0.3 is 0 Å². The topological polar surface area (TPSA) is 51.6 Å². The van der Waals surface area contributed by atoms with Crippen LogP contribution in [0.15, 0.2) is 388 Å². The molecule has 0 radical (unpaired) electrons. The fourth-order valence-corrected chi connectivity index (χ4v) is 13.6. The number of benzene rings is 14. The van der Waals surface area contributed by atoms with Gasteiger partial charge in [0.05, 0.1) is 39.1 Å². The number of aromatic nitrogens is 4. The van der Waals surface area contributed by atoms with E-state index in [-0.39, 0.29) is 0 Å². The van der Waals surface area contributed by atoms with Gasteiger partial charge in [0.1, 0.15) is 0 Å². The molecule has 0 aliphatic rings. The van der Waals surface area contributed by atoms with Crippen molar-refractivity contribution in [3.05, 3.63) is 388 Å². The van der Waals surface area contributed by atoms with E-state index in [0.29, 0.717) is 0 Å². The summed E-state index contributed by atoms with van der Waals surface area (Å²) in [5.41, 5.74) is 31.2. The summed E-state index contributed by atoms with van der Waals surface area (Å²) in [5.74, 6) is 0. The Labute approximate surface area is 582 Å². The molecule has 100 heavy (non-hydrogen) atoms. The van der Waals surface area contributed by atoms with Crippen LogP contribution >= 0.6 is 0 Å². The summed E-state index contributed by atoms with van der Waals surface area (Å²) in [6.45, 7) is 0. The van der Waals surface area contributed by atoms with E-state index in [0.717, 1.165) is 122 Å². The van der Waals surface area contributed by atoms with Crippen molar-refractivity contribution in [3.63, 3.8) is 0 Å². The summed E-state index contributed by atoms with van der Waals surface area (Å²) in [5, 5.41) is 4.52. The normalized spacial score (nSPS) is 11.2. The van der Waals surface area contributed by atoms with Crippen molar-refractivity contribution in [2.24, 2.45) is 0 Å². The van der Waals surface area contributed by atoms with Gasteiger partial charge >= 0.3 is 0 Å². The van der Waals surface area contributed by atoms with E-state index in [2.05, 4.69) is 370 Å². The molecule has 468 valence electrons. The van der Waals surface area contributed by atoms with E-state index in [1.54, 1.807) is 0 Å². The van der Waals surface area contributed by atoms with Crippen LogP contribution in [0.5, 0.6) is 0 Å². The molecule has 0 atom stereocenters. The summed E-state index contributed by atoms with van der Waals surface area (Å²) in [6, 6.07) is 136. The number of rotatable bonds is 12. The number of pyridine rings is 4. The lowest BCUT2D eigenvalue weighted by molar-refractivity contribution is 1.39. The second kappa shape index (κ2) is 27.1. The molecule has 0 aliphatic carbocycles. The fraction of sp³-hybridized carbons (Fsp3) is 0. The zero-order chi connectivity index (χ0) is 66.6. The lowest BCUT2D eigenvalue weighted by atomic mass is 9.93. The number of hydrogen-bond acceptors (Lipinski definition) is 4. The van der Waals surface area contributed by atoms with E-state index in [1.165, 1.54) is 55.6 Å². The van der Waals surface area contributed by atoms with Crippen molar-refractivity contribution in [2.45, 2.75) is 0 Å². The molecule has 14 aromatic carbocycles. The van der Waals surface area contributed by atoms with Crippen LogP contribution in [0.4, 0.5) is 0 Å². The van der Waals surface area contributed by atoms with Crippen LogP contribution in [0, 0.1) is 0 Å². The zero-order valence-corrected chi connectivity index (χ0v) is 54.7. The molecular weight excluding hydrogens is 1210 g/mol. The Morgan fingerprint density at radius 3 is 0.940 bits per heavy atom. The van der Waals surface area contributed by atoms with E-state index in [9.17, 15) is 0 Å². The lowest BCUT2D eigenvalue weighted by Crippen LogP contribution is -1.92. The molecular formula is C96H64N4. The third-order valence-corrected chi connectivity index (χ3v) is 19.0. The van der Waals surface area contributed by atoms with Crippen LogP contribution in [-0.4, -0.2) is 19.9 Å². The van der Waals surface area contributed by atoms with Gasteiger partial charge in [0.25, 0.3) is 0 Å². The monoisotopic (exact) mass is 1270 g/mol. The average Bonchev–Trinajstić information content (AvgIpc) is 0.773. The van der Waals surface area contributed by atoms with E-state index in [4.69, 9.17) is 19.9 Å². The molecule has 0 fully saturated rings. The van der Waals surface area contributed by atoms with E-state index >= 15 is 0 Å². The van der Waals surface area contributed by atoms with Crippen LogP contribution in [0.2, 0.25) is 0 Å². The minimum atomic E-state index is 0.949. The maximum atomic E-state index is 5.23. The van der Waals surface area contributed by atoms with Gasteiger partial charge in [0.2, 0.25) is 0 Å². The zero-order valence-electron chi connectivity index (χ0n) is 54.7. The first-order chi connectivity index (χ1) is 49.5. The summed E-state index contributed by atoms with van der Waals surface area (Å²) >= 11 is 0. The minimum absolute atomic E-state index is 0.949. The Bertz CT molecular complexity index is 5940. The summed E-state index contributed by atoms with van der Waals surface area (Å²) in [7, 11) is 0. The number of nitrogens with zero attached hydrogens (tertiary/aromatic N) is 4. The second-order valence-corrected chi connectivity index (χ2v) is 25.3. The molecule has 0 spiro atoms. The van der Waals surface area contributed by atoms with Gasteiger partial charge in [0, 0.05) is 50.0 Å². The highest BCUT2D eigenvalue weighted by atomic mass is 14.7. The molecule has 4 heteroatoms. The second-order valence-electron chi connectivity index (χ2n) is 25.3. The van der Waals surface area contributed by atoms with E-state index < -0.39 is 0 Å². The van der Waals surface area contributed by atoms with Crippen molar-refractivity contribution in [1.82, 2.24) is 19.9 Å². The maximum Gasteiger partial charge on any atom is 0.0716 e. The fourth-order valence-electron chi connectivity index (χ4n) is 13.6. The average molecular weight is 1270 g/mol. The van der Waals surface area contributed by atoms with Crippen molar-refractivity contribution in [1.29, 1.82) is 0 Å². The first-order valence-corrected chi connectivity index (χ1v) is 34.0. The molecule has 4 aromatic heterocycles. The molecule has 18 rings (SSSR count). The summed E-state index contributed by atoms with van der Waals surface area (Å²) < 4.78 is 0. The maximum absolute atomic E-state index is 5.23. The highest BCUT2D eigenvalue weighted by molar-refractivity contribution is 6.02. The smallest absolute Gasteiger partial charge is 0.0716 e.